The SMILES string of the molecule is CCOCCOCc1cccc(CNC(=NC)NCc2oc3ccccc3c2C)c1.I. The monoisotopic (exact) mass is 537 g/mol. The molecular weight excluding hydrogens is 505 g/mol. The first-order valence-corrected chi connectivity index (χ1v) is 10.4. The lowest BCUT2D eigenvalue weighted by Gasteiger charge is -2.12. The molecule has 0 amide bonds. The highest BCUT2D eigenvalue weighted by Gasteiger charge is 2.10. The van der Waals surface area contributed by atoms with E-state index in [1.165, 1.54) is 5.56 Å². The van der Waals surface area contributed by atoms with Crippen LogP contribution in [0.4, 0.5) is 0 Å². The molecule has 0 aliphatic heterocycles. The minimum atomic E-state index is 0. The molecule has 0 atom stereocenters. The quantitative estimate of drug-likeness (QED) is 0.169. The molecular formula is C24H32IN3O3. The molecule has 0 aliphatic carbocycles. The number of hydrogen-bond donors (Lipinski definition) is 2. The van der Waals surface area contributed by atoms with Crippen molar-refractivity contribution in [1.29, 1.82) is 0 Å². The Morgan fingerprint density at radius 2 is 1.71 bits per heavy atom. The fourth-order valence-electron chi connectivity index (χ4n) is 3.25. The van der Waals surface area contributed by atoms with Gasteiger partial charge < -0.3 is 24.5 Å². The minimum absolute atomic E-state index is 0. The lowest BCUT2D eigenvalue weighted by molar-refractivity contribution is 0.0453. The molecule has 168 valence electrons. The second kappa shape index (κ2) is 13.3. The first-order valence-electron chi connectivity index (χ1n) is 10.4. The zero-order valence-electron chi connectivity index (χ0n) is 18.4. The van der Waals surface area contributed by atoms with Gasteiger partial charge in [-0.25, -0.2) is 0 Å². The number of para-hydroxylation sites is 1. The van der Waals surface area contributed by atoms with E-state index in [2.05, 4.69) is 46.8 Å². The van der Waals surface area contributed by atoms with Gasteiger partial charge in [-0.3, -0.25) is 4.99 Å². The van der Waals surface area contributed by atoms with Crippen molar-refractivity contribution in [1.82, 2.24) is 10.6 Å². The van der Waals surface area contributed by atoms with Crippen LogP contribution >= 0.6 is 24.0 Å². The van der Waals surface area contributed by atoms with Crippen LogP contribution in [-0.2, 0) is 29.2 Å². The summed E-state index contributed by atoms with van der Waals surface area (Å²) in [6.07, 6.45) is 0. The molecule has 2 aromatic carbocycles. The summed E-state index contributed by atoms with van der Waals surface area (Å²) in [5, 5.41) is 7.84. The summed E-state index contributed by atoms with van der Waals surface area (Å²) in [4.78, 5) is 4.32. The highest BCUT2D eigenvalue weighted by atomic mass is 127. The molecule has 1 heterocycles. The van der Waals surface area contributed by atoms with Gasteiger partial charge in [0.25, 0.3) is 0 Å². The van der Waals surface area contributed by atoms with Crippen LogP contribution in [0.5, 0.6) is 0 Å². The molecule has 0 spiro atoms. The van der Waals surface area contributed by atoms with Crippen molar-refractivity contribution in [2.75, 3.05) is 26.9 Å². The number of guanidine groups is 1. The number of nitrogens with zero attached hydrogens (tertiary/aromatic N) is 1. The first kappa shape index (κ1) is 25.2. The number of halogens is 1. The van der Waals surface area contributed by atoms with E-state index >= 15 is 0 Å². The van der Waals surface area contributed by atoms with Gasteiger partial charge in [0, 0.05) is 31.1 Å². The third-order valence-corrected chi connectivity index (χ3v) is 4.88. The maximum absolute atomic E-state index is 5.97. The fourth-order valence-corrected chi connectivity index (χ4v) is 3.25. The van der Waals surface area contributed by atoms with Gasteiger partial charge in [-0.15, -0.1) is 24.0 Å². The highest BCUT2D eigenvalue weighted by Crippen LogP contribution is 2.24. The van der Waals surface area contributed by atoms with Gasteiger partial charge in [0.2, 0.25) is 0 Å². The van der Waals surface area contributed by atoms with Crippen molar-refractivity contribution in [3.63, 3.8) is 0 Å². The van der Waals surface area contributed by atoms with Crippen molar-refractivity contribution < 1.29 is 13.9 Å². The number of rotatable bonds is 10. The zero-order valence-corrected chi connectivity index (χ0v) is 20.8. The summed E-state index contributed by atoms with van der Waals surface area (Å²) < 4.78 is 16.9. The van der Waals surface area contributed by atoms with E-state index in [1.807, 2.05) is 31.2 Å². The smallest absolute Gasteiger partial charge is 0.191 e. The van der Waals surface area contributed by atoms with Gasteiger partial charge in [-0.1, -0.05) is 42.5 Å². The van der Waals surface area contributed by atoms with Crippen LogP contribution in [-0.4, -0.2) is 32.8 Å². The van der Waals surface area contributed by atoms with Crippen LogP contribution < -0.4 is 10.6 Å². The molecule has 31 heavy (non-hydrogen) atoms. The number of nitrogens with one attached hydrogen (secondary N) is 2. The molecule has 2 N–H and O–H groups in total. The number of ether oxygens (including phenoxy) is 2. The van der Waals surface area contributed by atoms with Gasteiger partial charge >= 0.3 is 0 Å². The third kappa shape index (κ3) is 7.52. The normalized spacial score (nSPS) is 11.4. The average molecular weight is 537 g/mol. The standard InChI is InChI=1S/C24H31N3O3.HI/c1-4-28-12-13-29-17-20-9-7-8-19(14-20)15-26-24(25-3)27-16-23-18(2)21-10-5-6-11-22(21)30-23;/h5-11,14H,4,12-13,15-17H2,1-3H3,(H2,25,26,27);1H. The lowest BCUT2D eigenvalue weighted by Crippen LogP contribution is -2.36. The highest BCUT2D eigenvalue weighted by molar-refractivity contribution is 14.0. The molecule has 1 aromatic heterocycles. The number of aryl methyl sites for hydroxylation is 1. The van der Waals surface area contributed by atoms with E-state index in [9.17, 15) is 0 Å². The summed E-state index contributed by atoms with van der Waals surface area (Å²) >= 11 is 0. The predicted molar refractivity (Wildman–Crippen MR) is 136 cm³/mol. The first-order chi connectivity index (χ1) is 14.7. The van der Waals surface area contributed by atoms with Crippen molar-refractivity contribution >= 4 is 40.9 Å². The van der Waals surface area contributed by atoms with Crippen LogP contribution in [0, 0.1) is 6.92 Å². The second-order valence-electron chi connectivity index (χ2n) is 7.00. The van der Waals surface area contributed by atoms with Crippen LogP contribution in [0.2, 0.25) is 0 Å². The largest absolute Gasteiger partial charge is 0.459 e. The van der Waals surface area contributed by atoms with Crippen molar-refractivity contribution in [2.24, 2.45) is 4.99 Å². The number of benzene rings is 2. The molecule has 0 bridgehead atoms. The molecule has 6 nitrogen and oxygen atoms in total. The van der Waals surface area contributed by atoms with E-state index in [-0.39, 0.29) is 24.0 Å². The Hall–Kier alpha value is -2.10. The Kier molecular flexibility index (Phi) is 10.8. The molecule has 7 heteroatoms. The van der Waals surface area contributed by atoms with Crippen LogP contribution in [0.15, 0.2) is 57.9 Å². The third-order valence-electron chi connectivity index (χ3n) is 4.88. The van der Waals surface area contributed by atoms with Crippen molar-refractivity contribution in [3.8, 4) is 0 Å². The van der Waals surface area contributed by atoms with E-state index < -0.39 is 0 Å². The van der Waals surface area contributed by atoms with Crippen LogP contribution in [0.25, 0.3) is 11.0 Å². The number of fused-ring (bicyclic) bond motifs is 1. The summed E-state index contributed by atoms with van der Waals surface area (Å²) in [6, 6.07) is 16.4. The summed E-state index contributed by atoms with van der Waals surface area (Å²) in [6.45, 7) is 7.85. The number of aliphatic imine (C=N–C) groups is 1. The molecule has 0 aliphatic rings. The summed E-state index contributed by atoms with van der Waals surface area (Å²) in [5.74, 6) is 1.65. The predicted octanol–water partition coefficient (Wildman–Crippen LogP) is 4.78. The van der Waals surface area contributed by atoms with Gasteiger partial charge in [0.1, 0.15) is 11.3 Å². The topological polar surface area (TPSA) is 68.0 Å². The molecule has 3 aromatic rings. The van der Waals surface area contributed by atoms with Crippen molar-refractivity contribution in [3.05, 3.63) is 71.0 Å². The van der Waals surface area contributed by atoms with E-state index in [4.69, 9.17) is 13.9 Å². The second-order valence-corrected chi connectivity index (χ2v) is 7.00. The van der Waals surface area contributed by atoms with Crippen LogP contribution in [0.3, 0.4) is 0 Å². The molecule has 3 rings (SSSR count). The fraction of sp³-hybridized carbons (Fsp3) is 0.375. The Morgan fingerprint density at radius 3 is 2.48 bits per heavy atom. The zero-order chi connectivity index (χ0) is 21.2. The number of hydrogen-bond acceptors (Lipinski definition) is 4. The van der Waals surface area contributed by atoms with Crippen LogP contribution in [0.1, 0.15) is 29.4 Å². The minimum Gasteiger partial charge on any atom is -0.459 e. The van der Waals surface area contributed by atoms with Gasteiger partial charge in [0.05, 0.1) is 26.4 Å². The maximum Gasteiger partial charge on any atom is 0.191 e. The molecule has 0 unspecified atom stereocenters. The van der Waals surface area contributed by atoms with Gasteiger partial charge in [-0.2, -0.15) is 0 Å². The molecule has 0 saturated heterocycles. The van der Waals surface area contributed by atoms with Crippen molar-refractivity contribution in [2.45, 2.75) is 33.5 Å². The Morgan fingerprint density at radius 1 is 0.968 bits per heavy atom. The molecule has 0 saturated carbocycles. The van der Waals surface area contributed by atoms with E-state index in [0.717, 1.165) is 40.4 Å². The molecule has 0 radical (unpaired) electrons. The van der Waals surface area contributed by atoms with Gasteiger partial charge in [0.15, 0.2) is 5.96 Å². The Bertz CT molecular complexity index is 972. The Labute approximate surface area is 201 Å². The van der Waals surface area contributed by atoms with Gasteiger partial charge in [-0.05, 0) is 31.0 Å². The van der Waals surface area contributed by atoms with E-state index in [1.54, 1.807) is 7.05 Å². The Balaban J connectivity index is 0.00000341. The van der Waals surface area contributed by atoms with E-state index in [0.29, 0.717) is 32.9 Å². The number of furan rings is 1. The summed E-state index contributed by atoms with van der Waals surface area (Å²) in [5.41, 5.74) is 4.39. The summed E-state index contributed by atoms with van der Waals surface area (Å²) in [7, 11) is 1.77. The lowest BCUT2D eigenvalue weighted by atomic mass is 10.1. The molecule has 0 fully saturated rings. The average Bonchev–Trinajstić information content (AvgIpc) is 3.10. The maximum atomic E-state index is 5.97.